The molecule has 0 N–H and O–H groups in total. The lowest BCUT2D eigenvalue weighted by Gasteiger charge is -2.15. The molecule has 2 aromatic carbocycles. The van der Waals surface area contributed by atoms with E-state index in [2.05, 4.69) is 0 Å². The molecule has 0 unspecified atom stereocenters. The molecule has 3 heteroatoms. The van der Waals surface area contributed by atoms with Gasteiger partial charge in [0.15, 0.2) is 0 Å². The third-order valence-electron chi connectivity index (χ3n) is 3.07. The zero-order valence-electron chi connectivity index (χ0n) is 12.8. The van der Waals surface area contributed by atoms with Crippen molar-refractivity contribution in [2.45, 2.75) is 33.8 Å². The first-order chi connectivity index (χ1) is 9.99. The van der Waals surface area contributed by atoms with E-state index in [0.29, 0.717) is 17.1 Å². The van der Waals surface area contributed by atoms with Crippen LogP contribution in [0.25, 0.3) is 0 Å². The molecule has 2 rings (SSSR count). The number of hydrogen-bond acceptors (Lipinski definition) is 3. The topological polar surface area (TPSA) is 35.5 Å². The van der Waals surface area contributed by atoms with Gasteiger partial charge in [0.2, 0.25) is 0 Å². The van der Waals surface area contributed by atoms with Crippen molar-refractivity contribution in [3.63, 3.8) is 0 Å². The van der Waals surface area contributed by atoms with E-state index in [0.717, 1.165) is 11.1 Å². The normalized spacial score (nSPS) is 10.5. The standard InChI is InChI=1S/C18H20O3/c1-12(2)20-16-11-6-5-10-15(16)18(19)21-17-13(3)8-7-9-14(17)4/h5-12H,1-4H3. The zero-order valence-corrected chi connectivity index (χ0v) is 12.8. The molecule has 0 aromatic heterocycles. The van der Waals surface area contributed by atoms with Crippen molar-refractivity contribution in [3.8, 4) is 11.5 Å². The van der Waals surface area contributed by atoms with Crippen LogP contribution < -0.4 is 9.47 Å². The maximum Gasteiger partial charge on any atom is 0.347 e. The third kappa shape index (κ3) is 3.63. The minimum atomic E-state index is -0.399. The van der Waals surface area contributed by atoms with Gasteiger partial charge in [-0.25, -0.2) is 4.79 Å². The van der Waals surface area contributed by atoms with Crippen LogP contribution in [0.1, 0.15) is 35.3 Å². The van der Waals surface area contributed by atoms with E-state index in [-0.39, 0.29) is 6.10 Å². The first-order valence-corrected chi connectivity index (χ1v) is 7.03. The first kappa shape index (κ1) is 15.1. The Bertz CT molecular complexity index is 624. The van der Waals surface area contributed by atoms with Crippen LogP contribution in [-0.2, 0) is 0 Å². The van der Waals surface area contributed by atoms with E-state index in [1.54, 1.807) is 18.2 Å². The van der Waals surface area contributed by atoms with Gasteiger partial charge in [0.25, 0.3) is 0 Å². The number of carbonyl (C=O) groups excluding carboxylic acids is 1. The number of aryl methyl sites for hydroxylation is 2. The van der Waals surface area contributed by atoms with Crippen LogP contribution in [0.5, 0.6) is 11.5 Å². The number of carbonyl (C=O) groups is 1. The highest BCUT2D eigenvalue weighted by Crippen LogP contribution is 2.26. The summed E-state index contributed by atoms with van der Waals surface area (Å²) in [6, 6.07) is 12.9. The van der Waals surface area contributed by atoms with Gasteiger partial charge in [-0.3, -0.25) is 0 Å². The molecular formula is C18H20O3. The Morgan fingerprint density at radius 3 is 2.19 bits per heavy atom. The highest BCUT2D eigenvalue weighted by atomic mass is 16.5. The van der Waals surface area contributed by atoms with Gasteiger partial charge in [-0.1, -0.05) is 30.3 Å². The average molecular weight is 284 g/mol. The predicted octanol–water partition coefficient (Wildman–Crippen LogP) is 4.31. The van der Waals surface area contributed by atoms with Gasteiger partial charge < -0.3 is 9.47 Å². The number of rotatable bonds is 4. The number of esters is 1. The number of benzene rings is 2. The molecule has 0 fully saturated rings. The van der Waals surface area contributed by atoms with Crippen LogP contribution in [0.4, 0.5) is 0 Å². The quantitative estimate of drug-likeness (QED) is 0.620. The van der Waals surface area contributed by atoms with Crippen LogP contribution in [0.2, 0.25) is 0 Å². The molecule has 3 nitrogen and oxygen atoms in total. The Hall–Kier alpha value is -2.29. The molecule has 21 heavy (non-hydrogen) atoms. The van der Waals surface area contributed by atoms with Gasteiger partial charge in [0.05, 0.1) is 6.10 Å². The van der Waals surface area contributed by atoms with Gasteiger partial charge in [-0.15, -0.1) is 0 Å². The molecule has 0 heterocycles. The van der Waals surface area contributed by atoms with Crippen molar-refractivity contribution in [1.82, 2.24) is 0 Å². The molecule has 0 spiro atoms. The molecule has 0 aliphatic rings. The summed E-state index contributed by atoms with van der Waals surface area (Å²) in [4.78, 5) is 12.4. The smallest absolute Gasteiger partial charge is 0.347 e. The lowest BCUT2D eigenvalue weighted by atomic mass is 10.1. The van der Waals surface area contributed by atoms with E-state index in [9.17, 15) is 4.79 Å². The molecule has 0 radical (unpaired) electrons. The van der Waals surface area contributed by atoms with E-state index >= 15 is 0 Å². The maximum atomic E-state index is 12.4. The van der Waals surface area contributed by atoms with Crippen molar-refractivity contribution in [2.75, 3.05) is 0 Å². The van der Waals surface area contributed by atoms with Crippen molar-refractivity contribution in [2.24, 2.45) is 0 Å². The molecule has 0 atom stereocenters. The summed E-state index contributed by atoms with van der Waals surface area (Å²) in [6.07, 6.45) is -0.000789. The summed E-state index contributed by atoms with van der Waals surface area (Å²) in [7, 11) is 0. The van der Waals surface area contributed by atoms with Crippen LogP contribution in [0, 0.1) is 13.8 Å². The second-order valence-electron chi connectivity index (χ2n) is 5.27. The lowest BCUT2D eigenvalue weighted by Crippen LogP contribution is -2.14. The Labute approximate surface area is 125 Å². The van der Waals surface area contributed by atoms with Gasteiger partial charge in [0.1, 0.15) is 17.1 Å². The van der Waals surface area contributed by atoms with Crippen LogP contribution in [0.15, 0.2) is 42.5 Å². The first-order valence-electron chi connectivity index (χ1n) is 7.03. The van der Waals surface area contributed by atoms with Crippen LogP contribution in [-0.4, -0.2) is 12.1 Å². The van der Waals surface area contributed by atoms with Gasteiger partial charge in [-0.05, 0) is 51.0 Å². The summed E-state index contributed by atoms with van der Waals surface area (Å²) >= 11 is 0. The van der Waals surface area contributed by atoms with E-state index < -0.39 is 5.97 Å². The third-order valence-corrected chi connectivity index (χ3v) is 3.07. The van der Waals surface area contributed by atoms with Crippen molar-refractivity contribution >= 4 is 5.97 Å². The monoisotopic (exact) mass is 284 g/mol. The van der Waals surface area contributed by atoms with Crippen LogP contribution in [0.3, 0.4) is 0 Å². The van der Waals surface area contributed by atoms with Crippen LogP contribution >= 0.6 is 0 Å². The molecule has 0 amide bonds. The van der Waals surface area contributed by atoms with E-state index in [1.807, 2.05) is 52.0 Å². The fraction of sp³-hybridized carbons (Fsp3) is 0.278. The average Bonchev–Trinajstić information content (AvgIpc) is 2.43. The molecule has 0 saturated heterocycles. The van der Waals surface area contributed by atoms with Gasteiger partial charge >= 0.3 is 5.97 Å². The van der Waals surface area contributed by atoms with Crippen molar-refractivity contribution < 1.29 is 14.3 Å². The number of hydrogen-bond donors (Lipinski definition) is 0. The minimum absolute atomic E-state index is 0.000789. The van der Waals surface area contributed by atoms with E-state index in [4.69, 9.17) is 9.47 Å². The molecule has 0 bridgehead atoms. The number of para-hydroxylation sites is 2. The lowest BCUT2D eigenvalue weighted by molar-refractivity contribution is 0.0726. The largest absolute Gasteiger partial charge is 0.490 e. The highest BCUT2D eigenvalue weighted by Gasteiger charge is 2.17. The summed E-state index contributed by atoms with van der Waals surface area (Å²) < 4.78 is 11.2. The fourth-order valence-electron chi connectivity index (χ4n) is 2.10. The Kier molecular flexibility index (Phi) is 4.63. The second kappa shape index (κ2) is 6.44. The highest BCUT2D eigenvalue weighted by molar-refractivity contribution is 5.94. The SMILES string of the molecule is Cc1cccc(C)c1OC(=O)c1ccccc1OC(C)C. The summed E-state index contributed by atoms with van der Waals surface area (Å²) in [5.74, 6) is 0.759. The van der Waals surface area contributed by atoms with Gasteiger partial charge in [-0.2, -0.15) is 0 Å². The maximum absolute atomic E-state index is 12.4. The number of ether oxygens (including phenoxy) is 2. The zero-order chi connectivity index (χ0) is 15.4. The summed E-state index contributed by atoms with van der Waals surface area (Å²) in [6.45, 7) is 7.69. The Morgan fingerprint density at radius 2 is 1.57 bits per heavy atom. The van der Waals surface area contributed by atoms with E-state index in [1.165, 1.54) is 0 Å². The Morgan fingerprint density at radius 1 is 0.952 bits per heavy atom. The summed E-state index contributed by atoms with van der Waals surface area (Å²) in [5.41, 5.74) is 2.31. The Balaban J connectivity index is 2.29. The minimum Gasteiger partial charge on any atom is -0.490 e. The second-order valence-corrected chi connectivity index (χ2v) is 5.27. The van der Waals surface area contributed by atoms with Gasteiger partial charge in [0, 0.05) is 0 Å². The fourth-order valence-corrected chi connectivity index (χ4v) is 2.10. The van der Waals surface area contributed by atoms with Crippen molar-refractivity contribution in [3.05, 3.63) is 59.2 Å². The molecule has 0 aliphatic carbocycles. The molecule has 110 valence electrons. The molecule has 0 saturated carbocycles. The molecule has 2 aromatic rings. The summed E-state index contributed by atoms with van der Waals surface area (Å²) in [5, 5.41) is 0. The molecular weight excluding hydrogens is 264 g/mol. The predicted molar refractivity (Wildman–Crippen MR) is 83.1 cm³/mol. The van der Waals surface area contributed by atoms with Crippen molar-refractivity contribution in [1.29, 1.82) is 0 Å². The molecule has 0 aliphatic heterocycles.